The van der Waals surface area contributed by atoms with Crippen LogP contribution in [0.2, 0.25) is 0 Å². The molecule has 2 nitrogen and oxygen atoms in total. The van der Waals surface area contributed by atoms with Crippen molar-refractivity contribution in [3.8, 4) is 11.8 Å². The minimum Gasteiger partial charge on any atom is -0.222 e. The second kappa shape index (κ2) is 6.55. The highest BCUT2D eigenvalue weighted by atomic mass is 32.3. The molecule has 0 bridgehead atoms. The summed E-state index contributed by atoms with van der Waals surface area (Å²) in [5.74, 6) is 6.30. The molecule has 2 atom stereocenters. The quantitative estimate of drug-likeness (QED) is 0.709. The van der Waals surface area contributed by atoms with Gasteiger partial charge in [-0.15, -0.1) is 11.8 Å². The van der Waals surface area contributed by atoms with Gasteiger partial charge in [-0.25, -0.2) is 8.42 Å². The zero-order chi connectivity index (χ0) is 18.1. The Hall–Kier alpha value is -1.70. The van der Waals surface area contributed by atoms with Gasteiger partial charge in [0.15, 0.2) is 9.84 Å². The molecule has 130 valence electrons. The van der Waals surface area contributed by atoms with E-state index in [1.807, 2.05) is 57.2 Å². The van der Waals surface area contributed by atoms with E-state index in [1.54, 1.807) is 24.3 Å². The summed E-state index contributed by atoms with van der Waals surface area (Å²) in [6.07, 6.45) is 0.562. The highest BCUT2D eigenvalue weighted by molar-refractivity contribution is 8.15. The standard InChI is InChI=1S/C21H22O2S2/c1-20(2,3)15-14-17-16-21(17,24-18-10-6-4-7-11-18)25(22,23)19-12-8-5-9-13-19/h4-13,17H,16H2,1-3H3/t17-,21-/m1/s1. The summed E-state index contributed by atoms with van der Waals surface area (Å²) in [4.78, 5) is 1.33. The lowest BCUT2D eigenvalue weighted by molar-refractivity contribution is 0.569. The van der Waals surface area contributed by atoms with E-state index < -0.39 is 13.9 Å². The van der Waals surface area contributed by atoms with Gasteiger partial charge in [-0.1, -0.05) is 48.2 Å². The van der Waals surface area contributed by atoms with Crippen molar-refractivity contribution in [3.05, 3.63) is 60.7 Å². The van der Waals surface area contributed by atoms with E-state index >= 15 is 0 Å². The van der Waals surface area contributed by atoms with E-state index in [-0.39, 0.29) is 11.3 Å². The van der Waals surface area contributed by atoms with Crippen LogP contribution in [0.5, 0.6) is 0 Å². The zero-order valence-electron chi connectivity index (χ0n) is 14.7. The predicted molar refractivity (Wildman–Crippen MR) is 104 cm³/mol. The summed E-state index contributed by atoms with van der Waals surface area (Å²) in [6.45, 7) is 6.13. The lowest BCUT2D eigenvalue weighted by Gasteiger charge is -2.17. The van der Waals surface area contributed by atoms with E-state index in [9.17, 15) is 8.42 Å². The SMILES string of the molecule is CC(C)(C)C#C[C@@H]1C[C@@]1(Sc1ccccc1)S(=O)(=O)c1ccccc1. The Morgan fingerprint density at radius 2 is 1.56 bits per heavy atom. The summed E-state index contributed by atoms with van der Waals surface area (Å²) in [6, 6.07) is 18.4. The topological polar surface area (TPSA) is 34.1 Å². The fraction of sp³-hybridized carbons (Fsp3) is 0.333. The molecule has 0 radical (unpaired) electrons. The molecular weight excluding hydrogens is 348 g/mol. The van der Waals surface area contributed by atoms with Crippen molar-refractivity contribution in [2.24, 2.45) is 11.3 Å². The van der Waals surface area contributed by atoms with Gasteiger partial charge >= 0.3 is 0 Å². The third kappa shape index (κ3) is 3.78. The minimum atomic E-state index is -3.48. The van der Waals surface area contributed by atoms with Crippen LogP contribution in [0.4, 0.5) is 0 Å². The maximum Gasteiger partial charge on any atom is 0.194 e. The molecule has 25 heavy (non-hydrogen) atoms. The molecule has 1 saturated carbocycles. The van der Waals surface area contributed by atoms with Crippen LogP contribution >= 0.6 is 11.8 Å². The molecule has 0 N–H and O–H groups in total. The van der Waals surface area contributed by atoms with Gasteiger partial charge in [0, 0.05) is 10.3 Å². The van der Waals surface area contributed by atoms with Crippen molar-refractivity contribution >= 4 is 21.6 Å². The molecule has 0 saturated heterocycles. The summed E-state index contributed by atoms with van der Waals surface area (Å²) < 4.78 is 25.8. The second-order valence-electron chi connectivity index (χ2n) is 7.32. The minimum absolute atomic E-state index is 0.137. The lowest BCUT2D eigenvalue weighted by atomic mass is 9.98. The van der Waals surface area contributed by atoms with Crippen LogP contribution in [0.15, 0.2) is 70.5 Å². The van der Waals surface area contributed by atoms with Crippen molar-refractivity contribution in [2.75, 3.05) is 0 Å². The average molecular weight is 371 g/mol. The van der Waals surface area contributed by atoms with Gasteiger partial charge in [0.05, 0.1) is 10.8 Å². The van der Waals surface area contributed by atoms with Crippen molar-refractivity contribution in [3.63, 3.8) is 0 Å². The van der Waals surface area contributed by atoms with Gasteiger partial charge in [-0.05, 0) is 51.5 Å². The Morgan fingerprint density at radius 3 is 2.12 bits per heavy atom. The average Bonchev–Trinajstić information content (AvgIpc) is 3.29. The van der Waals surface area contributed by atoms with Crippen LogP contribution in [0.1, 0.15) is 27.2 Å². The van der Waals surface area contributed by atoms with Crippen molar-refractivity contribution in [1.29, 1.82) is 0 Å². The molecule has 2 aromatic rings. The first-order valence-electron chi connectivity index (χ1n) is 8.31. The Morgan fingerprint density at radius 1 is 1.00 bits per heavy atom. The van der Waals surface area contributed by atoms with Crippen LogP contribution in [0, 0.1) is 23.2 Å². The van der Waals surface area contributed by atoms with Crippen molar-refractivity contribution in [1.82, 2.24) is 0 Å². The molecule has 0 amide bonds. The van der Waals surface area contributed by atoms with E-state index in [0.717, 1.165) is 4.90 Å². The van der Waals surface area contributed by atoms with Gasteiger partial charge in [-0.2, -0.15) is 0 Å². The van der Waals surface area contributed by atoms with Crippen molar-refractivity contribution < 1.29 is 8.42 Å². The number of hydrogen-bond donors (Lipinski definition) is 0. The number of benzene rings is 2. The van der Waals surface area contributed by atoms with Gasteiger partial charge in [-0.3, -0.25) is 0 Å². The van der Waals surface area contributed by atoms with Gasteiger partial charge in [0.2, 0.25) is 0 Å². The highest BCUT2D eigenvalue weighted by Crippen LogP contribution is 2.61. The van der Waals surface area contributed by atoms with E-state index in [0.29, 0.717) is 11.3 Å². The van der Waals surface area contributed by atoms with E-state index in [2.05, 4.69) is 11.8 Å². The summed E-state index contributed by atoms with van der Waals surface area (Å²) >= 11 is 1.43. The summed E-state index contributed by atoms with van der Waals surface area (Å²) in [5.41, 5.74) is -0.137. The Bertz CT molecular complexity index is 901. The molecule has 0 unspecified atom stereocenters. The van der Waals surface area contributed by atoms with Crippen LogP contribution < -0.4 is 0 Å². The van der Waals surface area contributed by atoms with Gasteiger partial charge < -0.3 is 0 Å². The molecule has 0 aliphatic heterocycles. The van der Waals surface area contributed by atoms with Gasteiger partial charge in [0.25, 0.3) is 0 Å². The largest absolute Gasteiger partial charge is 0.222 e. The molecule has 2 aromatic carbocycles. The van der Waals surface area contributed by atoms with E-state index in [4.69, 9.17) is 0 Å². The number of sulfone groups is 1. The Balaban J connectivity index is 2.01. The number of hydrogen-bond acceptors (Lipinski definition) is 3. The highest BCUT2D eigenvalue weighted by Gasteiger charge is 2.64. The second-order valence-corrected chi connectivity index (χ2v) is 11.2. The van der Waals surface area contributed by atoms with E-state index in [1.165, 1.54) is 11.8 Å². The molecule has 0 spiro atoms. The number of rotatable bonds is 4. The fourth-order valence-electron chi connectivity index (χ4n) is 2.64. The third-order valence-electron chi connectivity index (χ3n) is 4.02. The predicted octanol–water partition coefficient (Wildman–Crippen LogP) is 5.02. The summed E-state index contributed by atoms with van der Waals surface area (Å²) in [5, 5.41) is 0. The normalized spacial score (nSPS) is 22.8. The Kier molecular flexibility index (Phi) is 4.74. The first-order chi connectivity index (χ1) is 11.7. The van der Waals surface area contributed by atoms with Crippen LogP contribution in [-0.2, 0) is 9.84 Å². The zero-order valence-corrected chi connectivity index (χ0v) is 16.3. The molecule has 1 aliphatic rings. The molecule has 4 heteroatoms. The molecule has 1 fully saturated rings. The molecule has 1 aliphatic carbocycles. The summed E-state index contributed by atoms with van der Waals surface area (Å²) in [7, 11) is -3.48. The maximum atomic E-state index is 13.4. The molecule has 3 rings (SSSR count). The molecule has 0 aromatic heterocycles. The van der Waals surface area contributed by atoms with Crippen LogP contribution in [-0.4, -0.2) is 12.5 Å². The van der Waals surface area contributed by atoms with Crippen LogP contribution in [0.3, 0.4) is 0 Å². The molecular formula is C21H22O2S2. The first-order valence-corrected chi connectivity index (χ1v) is 10.6. The van der Waals surface area contributed by atoms with Crippen LogP contribution in [0.25, 0.3) is 0 Å². The third-order valence-corrected chi connectivity index (χ3v) is 8.49. The smallest absolute Gasteiger partial charge is 0.194 e. The van der Waals surface area contributed by atoms with Gasteiger partial charge in [0.1, 0.15) is 4.08 Å². The molecule has 0 heterocycles. The Labute approximate surface area is 155 Å². The lowest BCUT2D eigenvalue weighted by Crippen LogP contribution is -2.22. The first kappa shape index (κ1) is 18.1. The fourth-order valence-corrected chi connectivity index (χ4v) is 6.54. The van der Waals surface area contributed by atoms with Crippen molar-refractivity contribution in [2.45, 2.75) is 41.1 Å². The maximum absolute atomic E-state index is 13.4. The monoisotopic (exact) mass is 370 g/mol. The number of thioether (sulfide) groups is 1.